The Kier molecular flexibility index (Phi) is 7.14. The predicted octanol–water partition coefficient (Wildman–Crippen LogP) is -3.04. The maximum Gasteiger partial charge on any atom is 0.230 e. The van der Waals surface area contributed by atoms with Gasteiger partial charge in [0, 0.05) is 6.07 Å². The van der Waals surface area contributed by atoms with Crippen LogP contribution >= 0.6 is 0 Å². The van der Waals surface area contributed by atoms with Gasteiger partial charge in [0.1, 0.15) is 30.6 Å². The zero-order valence-corrected chi connectivity index (χ0v) is 12.8. The molecule has 1 atom stereocenters. The number of benzene rings is 1. The highest BCUT2D eigenvalue weighted by Crippen LogP contribution is 2.28. The second-order valence-electron chi connectivity index (χ2n) is 4.62. The van der Waals surface area contributed by atoms with E-state index in [1.165, 1.54) is 19.5 Å². The van der Waals surface area contributed by atoms with Crippen molar-refractivity contribution in [1.82, 2.24) is 0 Å². The molecule has 1 aromatic rings. The third-order valence-electron chi connectivity index (χ3n) is 3.04. The molecule has 8 nitrogen and oxygen atoms in total. The fourth-order valence-electron chi connectivity index (χ4n) is 1.89. The van der Waals surface area contributed by atoms with E-state index in [1.54, 1.807) is 18.2 Å². The lowest BCUT2D eigenvalue weighted by molar-refractivity contribution is -0.695. The first-order chi connectivity index (χ1) is 10.5. The molecule has 0 spiro atoms. The Labute approximate surface area is 128 Å². The number of rotatable bonds is 9. The van der Waals surface area contributed by atoms with Crippen molar-refractivity contribution >= 4 is 17.6 Å². The quantitative estimate of drug-likeness (QED) is 0.446. The molecule has 0 fully saturated rings. The lowest BCUT2D eigenvalue weighted by Crippen LogP contribution is -2.95. The van der Waals surface area contributed by atoms with Gasteiger partial charge in [-0.2, -0.15) is 0 Å². The fourth-order valence-corrected chi connectivity index (χ4v) is 1.89. The van der Waals surface area contributed by atoms with Crippen molar-refractivity contribution in [3.63, 3.8) is 0 Å². The number of hydrogen-bond donors (Lipinski definition) is 3. The molecule has 1 aromatic carbocycles. The highest BCUT2D eigenvalue weighted by molar-refractivity contribution is 5.94. The number of ether oxygens (including phenoxy) is 2. The second kappa shape index (κ2) is 8.85. The lowest BCUT2D eigenvalue weighted by Gasteiger charge is -2.16. The number of amides is 1. The number of aliphatic carboxylic acids is 1. The first-order valence-corrected chi connectivity index (χ1v) is 6.87. The van der Waals surface area contributed by atoms with Crippen LogP contribution in [0.3, 0.4) is 0 Å². The van der Waals surface area contributed by atoms with Gasteiger partial charge in [-0.05, 0) is 12.1 Å². The molecule has 0 bridgehead atoms. The molecule has 0 saturated carbocycles. The summed E-state index contributed by atoms with van der Waals surface area (Å²) in [6, 6.07) is 4.00. The van der Waals surface area contributed by atoms with Gasteiger partial charge < -0.3 is 35.7 Å². The van der Waals surface area contributed by atoms with Crippen LogP contribution in [0.2, 0.25) is 0 Å². The topological polar surface area (TPSA) is 132 Å². The van der Waals surface area contributed by atoms with Crippen molar-refractivity contribution in [2.24, 2.45) is 0 Å². The summed E-state index contributed by atoms with van der Waals surface area (Å²) in [7, 11) is 2.98. The summed E-state index contributed by atoms with van der Waals surface area (Å²) < 4.78 is 10.2. The smallest absolute Gasteiger partial charge is 0.230 e. The number of carboxylic acid groups (broad SMARTS) is 1. The van der Waals surface area contributed by atoms with Crippen LogP contribution in [0, 0.1) is 0 Å². The number of nitrogens with one attached hydrogen (secondary N) is 1. The lowest BCUT2D eigenvalue weighted by atomic mass is 10.2. The fraction of sp³-hybridized carbons (Fsp3) is 0.429. The molecule has 0 aliphatic heterocycles. The van der Waals surface area contributed by atoms with Crippen LogP contribution in [0.5, 0.6) is 11.5 Å². The van der Waals surface area contributed by atoms with Crippen LogP contribution in [0.4, 0.5) is 5.69 Å². The number of carbonyl (C=O) groups excluding carboxylic acids is 2. The van der Waals surface area contributed by atoms with Gasteiger partial charge in [-0.15, -0.1) is 0 Å². The predicted molar refractivity (Wildman–Crippen MR) is 76.1 cm³/mol. The molecule has 0 saturated heterocycles. The average Bonchev–Trinajstić information content (AvgIpc) is 2.50. The SMILES string of the molecule is COc1ccc(OC)c(NC(=O)C[C@@H]([NH2+]CC[NH3+])C(=O)[O-])c1. The third kappa shape index (κ3) is 5.23. The molecular weight excluding hydrogens is 290 g/mol. The molecule has 1 amide bonds. The van der Waals surface area contributed by atoms with E-state index in [2.05, 4.69) is 11.1 Å². The van der Waals surface area contributed by atoms with E-state index in [0.29, 0.717) is 30.3 Å². The minimum atomic E-state index is -1.28. The van der Waals surface area contributed by atoms with Crippen LogP contribution in [-0.2, 0) is 9.59 Å². The molecule has 1 rings (SSSR count). The average molecular weight is 312 g/mol. The molecule has 0 aromatic heterocycles. The molecule has 0 heterocycles. The molecule has 22 heavy (non-hydrogen) atoms. The zero-order valence-electron chi connectivity index (χ0n) is 12.8. The molecular formula is C14H22N3O5+. The van der Waals surface area contributed by atoms with Gasteiger partial charge >= 0.3 is 0 Å². The zero-order chi connectivity index (χ0) is 16.5. The summed E-state index contributed by atoms with van der Waals surface area (Å²) in [5.74, 6) is -0.709. The number of carbonyl (C=O) groups is 2. The van der Waals surface area contributed by atoms with E-state index in [0.717, 1.165) is 0 Å². The molecule has 122 valence electrons. The maximum absolute atomic E-state index is 12.0. The van der Waals surface area contributed by atoms with E-state index in [9.17, 15) is 14.7 Å². The van der Waals surface area contributed by atoms with Crippen molar-refractivity contribution in [2.45, 2.75) is 12.5 Å². The molecule has 8 heteroatoms. The van der Waals surface area contributed by atoms with Crippen molar-refractivity contribution in [2.75, 3.05) is 32.6 Å². The Hall–Kier alpha value is -2.32. The standard InChI is InChI=1S/C14H21N3O5/c1-21-9-3-4-12(22-2)10(7-9)17-13(18)8-11(14(19)20)16-6-5-15/h3-4,7,11,16H,5-6,8,15H2,1-2H3,(H,17,18)(H,19,20)/p+1/t11-/m1/s1. The van der Waals surface area contributed by atoms with Gasteiger partial charge in [-0.1, -0.05) is 0 Å². The van der Waals surface area contributed by atoms with E-state index in [1.807, 2.05) is 0 Å². The normalized spacial score (nSPS) is 11.6. The number of carboxylic acids is 1. The Bertz CT molecular complexity index is 521. The number of methoxy groups -OCH3 is 2. The number of hydrogen-bond acceptors (Lipinski definition) is 5. The summed E-state index contributed by atoms with van der Waals surface area (Å²) in [5, 5.41) is 15.2. The third-order valence-corrected chi connectivity index (χ3v) is 3.04. The van der Waals surface area contributed by atoms with Gasteiger partial charge in [0.15, 0.2) is 0 Å². The van der Waals surface area contributed by atoms with Crippen molar-refractivity contribution in [1.29, 1.82) is 0 Å². The summed E-state index contributed by atoms with van der Waals surface area (Å²) in [4.78, 5) is 23.1. The maximum atomic E-state index is 12.0. The monoisotopic (exact) mass is 312 g/mol. The van der Waals surface area contributed by atoms with Gasteiger partial charge in [-0.3, -0.25) is 4.79 Å². The molecule has 0 unspecified atom stereocenters. The highest BCUT2D eigenvalue weighted by Gasteiger charge is 2.19. The second-order valence-corrected chi connectivity index (χ2v) is 4.62. The number of quaternary nitrogens is 2. The van der Waals surface area contributed by atoms with Gasteiger partial charge in [0.2, 0.25) is 5.91 Å². The van der Waals surface area contributed by atoms with Gasteiger partial charge in [-0.25, -0.2) is 0 Å². The first kappa shape index (κ1) is 17.7. The van der Waals surface area contributed by atoms with Crippen LogP contribution in [0.1, 0.15) is 6.42 Å². The first-order valence-electron chi connectivity index (χ1n) is 6.87. The van der Waals surface area contributed by atoms with Gasteiger partial charge in [0.05, 0.1) is 32.3 Å². The van der Waals surface area contributed by atoms with E-state index in [-0.39, 0.29) is 6.42 Å². The van der Waals surface area contributed by atoms with E-state index in [4.69, 9.17) is 9.47 Å². The summed E-state index contributed by atoms with van der Waals surface area (Å²) in [6.45, 7) is 1.07. The van der Waals surface area contributed by atoms with Crippen molar-refractivity contribution < 1.29 is 35.2 Å². The number of nitrogens with two attached hydrogens (primary N) is 1. The minimum Gasteiger partial charge on any atom is -0.544 e. The van der Waals surface area contributed by atoms with Crippen molar-refractivity contribution in [3.8, 4) is 11.5 Å². The van der Waals surface area contributed by atoms with Gasteiger partial charge in [0.25, 0.3) is 0 Å². The molecule has 0 aliphatic carbocycles. The van der Waals surface area contributed by atoms with Crippen LogP contribution in [-0.4, -0.2) is 45.2 Å². The van der Waals surface area contributed by atoms with Crippen molar-refractivity contribution in [3.05, 3.63) is 18.2 Å². The Morgan fingerprint density at radius 3 is 2.64 bits per heavy atom. The highest BCUT2D eigenvalue weighted by atomic mass is 16.5. The van der Waals surface area contributed by atoms with Crippen LogP contribution in [0.15, 0.2) is 18.2 Å². The van der Waals surface area contributed by atoms with Crippen LogP contribution < -0.4 is 30.9 Å². The largest absolute Gasteiger partial charge is 0.544 e. The Balaban J connectivity index is 2.76. The summed E-state index contributed by atoms with van der Waals surface area (Å²) >= 11 is 0. The van der Waals surface area contributed by atoms with E-state index < -0.39 is 17.9 Å². The summed E-state index contributed by atoms with van der Waals surface area (Å²) in [5.41, 5.74) is 4.05. The summed E-state index contributed by atoms with van der Waals surface area (Å²) in [6.07, 6.45) is -0.206. The van der Waals surface area contributed by atoms with Crippen LogP contribution in [0.25, 0.3) is 0 Å². The minimum absolute atomic E-state index is 0.206. The Morgan fingerprint density at radius 2 is 2.09 bits per heavy atom. The molecule has 0 radical (unpaired) electrons. The van der Waals surface area contributed by atoms with E-state index >= 15 is 0 Å². The molecule has 0 aliphatic rings. The Morgan fingerprint density at radius 1 is 1.36 bits per heavy atom. The molecule has 6 N–H and O–H groups in total. The number of anilines is 1.